The summed E-state index contributed by atoms with van der Waals surface area (Å²) in [6.45, 7) is 0.716. The first-order valence-electron chi connectivity index (χ1n) is 5.01. The molecule has 86 valence electrons. The van der Waals surface area contributed by atoms with E-state index in [4.69, 9.17) is 0 Å². The van der Waals surface area contributed by atoms with Gasteiger partial charge >= 0.3 is 0 Å². The van der Waals surface area contributed by atoms with Gasteiger partial charge in [0.1, 0.15) is 5.00 Å². The van der Waals surface area contributed by atoms with Crippen molar-refractivity contribution in [2.24, 2.45) is 0 Å². The zero-order chi connectivity index (χ0) is 11.5. The smallest absolute Gasteiger partial charge is 0.130 e. The van der Waals surface area contributed by atoms with Gasteiger partial charge in [0.25, 0.3) is 0 Å². The maximum absolute atomic E-state index is 4.09. The van der Waals surface area contributed by atoms with Crippen LogP contribution in [0.4, 0.5) is 5.00 Å². The Kier molecular flexibility index (Phi) is 2.85. The lowest BCUT2D eigenvalue weighted by molar-refractivity contribution is 1.10. The zero-order valence-electron chi connectivity index (χ0n) is 8.75. The van der Waals surface area contributed by atoms with E-state index in [-0.39, 0.29) is 0 Å². The second-order valence-corrected chi connectivity index (χ2v) is 5.12. The molecule has 0 aliphatic carbocycles. The molecule has 3 aromatic rings. The predicted molar refractivity (Wildman–Crippen MR) is 69.1 cm³/mol. The van der Waals surface area contributed by atoms with Crippen molar-refractivity contribution in [3.63, 3.8) is 0 Å². The average Bonchev–Trinajstić information content (AvgIpc) is 3.09. The van der Waals surface area contributed by atoms with Crippen LogP contribution in [0.25, 0.3) is 10.6 Å². The third-order valence-corrected chi connectivity index (χ3v) is 3.81. The summed E-state index contributed by atoms with van der Waals surface area (Å²) in [6, 6.07) is 4.11. The van der Waals surface area contributed by atoms with Crippen LogP contribution in [-0.2, 0) is 6.54 Å². The fraction of sp³-hybridized carbons (Fsp3) is 0.100. The number of hydrogen-bond donors (Lipinski definition) is 2. The summed E-state index contributed by atoms with van der Waals surface area (Å²) in [6.07, 6.45) is 3.56. The molecule has 3 rings (SSSR count). The zero-order valence-corrected chi connectivity index (χ0v) is 10.4. The highest BCUT2D eigenvalue weighted by Gasteiger charge is 2.08. The van der Waals surface area contributed by atoms with Crippen LogP contribution in [0.15, 0.2) is 29.9 Å². The highest BCUT2D eigenvalue weighted by molar-refractivity contribution is 7.13. The average molecular weight is 263 g/mol. The van der Waals surface area contributed by atoms with Crippen molar-refractivity contribution >= 4 is 27.9 Å². The molecule has 0 unspecified atom stereocenters. The number of rotatable bonds is 4. The molecule has 3 heterocycles. The van der Waals surface area contributed by atoms with E-state index in [0.717, 1.165) is 16.3 Å². The van der Waals surface area contributed by atoms with Crippen LogP contribution < -0.4 is 5.32 Å². The number of anilines is 1. The van der Waals surface area contributed by atoms with E-state index in [2.05, 4.69) is 36.5 Å². The number of nitrogens with zero attached hydrogens (tertiary/aromatic N) is 3. The third kappa shape index (κ3) is 2.20. The first-order valence-corrected chi connectivity index (χ1v) is 6.66. The lowest BCUT2D eigenvalue weighted by Crippen LogP contribution is -1.97. The van der Waals surface area contributed by atoms with Gasteiger partial charge in [-0.2, -0.15) is 5.10 Å². The van der Waals surface area contributed by atoms with Gasteiger partial charge in [-0.3, -0.25) is 5.10 Å². The van der Waals surface area contributed by atoms with E-state index in [1.165, 1.54) is 16.4 Å². The molecule has 2 N–H and O–H groups in total. The number of aromatic nitrogens is 4. The molecule has 17 heavy (non-hydrogen) atoms. The summed E-state index contributed by atoms with van der Waals surface area (Å²) in [5, 5.41) is 17.2. The van der Waals surface area contributed by atoms with Gasteiger partial charge in [-0.05, 0) is 11.4 Å². The molecule has 5 nitrogen and oxygen atoms in total. The van der Waals surface area contributed by atoms with Crippen LogP contribution in [-0.4, -0.2) is 19.8 Å². The van der Waals surface area contributed by atoms with E-state index in [0.29, 0.717) is 6.54 Å². The molecule has 0 fully saturated rings. The van der Waals surface area contributed by atoms with Gasteiger partial charge < -0.3 is 5.32 Å². The number of nitrogens with one attached hydrogen (secondary N) is 2. The normalized spacial score (nSPS) is 10.6. The van der Waals surface area contributed by atoms with Crippen molar-refractivity contribution < 1.29 is 0 Å². The number of H-pyrrole nitrogens is 1. The molecule has 7 heteroatoms. The van der Waals surface area contributed by atoms with Crippen LogP contribution in [0.5, 0.6) is 0 Å². The maximum atomic E-state index is 4.09. The highest BCUT2D eigenvalue weighted by Crippen LogP contribution is 2.26. The Balaban J connectivity index is 1.78. The molecule has 3 aromatic heterocycles. The predicted octanol–water partition coefficient (Wildman–Crippen LogP) is 2.60. The van der Waals surface area contributed by atoms with Gasteiger partial charge in [0, 0.05) is 23.6 Å². The van der Waals surface area contributed by atoms with Crippen molar-refractivity contribution in [3.8, 4) is 10.6 Å². The van der Waals surface area contributed by atoms with Gasteiger partial charge in [0.2, 0.25) is 0 Å². The lowest BCUT2D eigenvalue weighted by Gasteiger charge is -2.02. The fourth-order valence-electron chi connectivity index (χ4n) is 1.51. The number of hydrogen-bond acceptors (Lipinski definition) is 6. The summed E-state index contributed by atoms with van der Waals surface area (Å²) in [5.41, 5.74) is 2.21. The van der Waals surface area contributed by atoms with Crippen molar-refractivity contribution in [3.05, 3.63) is 35.5 Å². The molecule has 0 aliphatic heterocycles. The summed E-state index contributed by atoms with van der Waals surface area (Å²) in [4.78, 5) is 1.20. The van der Waals surface area contributed by atoms with Crippen LogP contribution in [0.3, 0.4) is 0 Å². The summed E-state index contributed by atoms with van der Waals surface area (Å²) >= 11 is 3.04. The van der Waals surface area contributed by atoms with Gasteiger partial charge in [0.05, 0.1) is 23.0 Å². The second kappa shape index (κ2) is 4.64. The Morgan fingerprint density at radius 3 is 3.12 bits per heavy atom. The van der Waals surface area contributed by atoms with Crippen molar-refractivity contribution in [2.45, 2.75) is 6.54 Å². The quantitative estimate of drug-likeness (QED) is 0.759. The van der Waals surface area contributed by atoms with Gasteiger partial charge in [-0.1, -0.05) is 10.6 Å². The highest BCUT2D eigenvalue weighted by atomic mass is 32.1. The SMILES string of the molecule is c1csc(-c2[nH]ncc2CNc2cnns2)c1. The second-order valence-electron chi connectivity index (χ2n) is 3.38. The lowest BCUT2D eigenvalue weighted by atomic mass is 10.2. The molecule has 0 radical (unpaired) electrons. The molecule has 0 saturated heterocycles. The molecule has 0 bridgehead atoms. The summed E-state index contributed by atoms with van der Waals surface area (Å²) < 4.78 is 3.80. The van der Waals surface area contributed by atoms with Crippen molar-refractivity contribution in [1.82, 2.24) is 19.8 Å². The van der Waals surface area contributed by atoms with Crippen molar-refractivity contribution in [2.75, 3.05) is 5.32 Å². The minimum absolute atomic E-state index is 0.716. The van der Waals surface area contributed by atoms with E-state index in [9.17, 15) is 0 Å². The Bertz CT molecular complexity index is 570. The minimum atomic E-state index is 0.716. The molecule has 0 aromatic carbocycles. The van der Waals surface area contributed by atoms with E-state index in [1.807, 2.05) is 12.3 Å². The largest absolute Gasteiger partial charge is 0.370 e. The van der Waals surface area contributed by atoms with Gasteiger partial charge in [-0.25, -0.2) is 0 Å². The molecule has 0 spiro atoms. The van der Waals surface area contributed by atoms with Crippen LogP contribution in [0.2, 0.25) is 0 Å². The molecular weight excluding hydrogens is 254 g/mol. The molecule has 0 saturated carbocycles. The summed E-state index contributed by atoms with van der Waals surface area (Å²) in [7, 11) is 0. The van der Waals surface area contributed by atoms with Crippen LogP contribution in [0, 0.1) is 0 Å². The summed E-state index contributed by atoms with van der Waals surface area (Å²) in [5.74, 6) is 0. The Morgan fingerprint density at radius 1 is 1.35 bits per heavy atom. The molecule has 0 aliphatic rings. The first-order chi connectivity index (χ1) is 8.43. The third-order valence-electron chi connectivity index (χ3n) is 2.30. The van der Waals surface area contributed by atoms with Crippen molar-refractivity contribution in [1.29, 1.82) is 0 Å². The van der Waals surface area contributed by atoms with Gasteiger partial charge in [-0.15, -0.1) is 16.4 Å². The number of aromatic amines is 1. The first kappa shape index (κ1) is 10.4. The maximum Gasteiger partial charge on any atom is 0.130 e. The van der Waals surface area contributed by atoms with E-state index >= 15 is 0 Å². The van der Waals surface area contributed by atoms with E-state index in [1.54, 1.807) is 17.5 Å². The standard InChI is InChI=1S/C10H9N5S2/c1-2-8(16-3-1)10-7(5-12-14-10)4-11-9-6-13-15-17-9/h1-3,5-6,11H,4H2,(H,12,14). The fourth-order valence-corrected chi connectivity index (χ4v) is 2.68. The Morgan fingerprint density at radius 2 is 2.35 bits per heavy atom. The van der Waals surface area contributed by atoms with Crippen LogP contribution >= 0.6 is 22.9 Å². The number of thiophene rings is 1. The Labute approximate surface area is 106 Å². The Hall–Kier alpha value is -1.73. The molecule has 0 amide bonds. The molecular formula is C10H9N5S2. The monoisotopic (exact) mass is 263 g/mol. The van der Waals surface area contributed by atoms with Gasteiger partial charge in [0.15, 0.2) is 0 Å². The minimum Gasteiger partial charge on any atom is -0.370 e. The van der Waals surface area contributed by atoms with E-state index < -0.39 is 0 Å². The van der Waals surface area contributed by atoms with Crippen LogP contribution in [0.1, 0.15) is 5.56 Å². The topological polar surface area (TPSA) is 66.5 Å². The molecule has 0 atom stereocenters.